The topological polar surface area (TPSA) is 43.8 Å². The zero-order chi connectivity index (χ0) is 14.2. The van der Waals surface area contributed by atoms with Crippen LogP contribution >= 0.6 is 0 Å². The summed E-state index contributed by atoms with van der Waals surface area (Å²) in [5, 5.41) is 3.41. The number of halogens is 5. The molecule has 0 saturated carbocycles. The SMILES string of the molecule is Nc1ccc(F)c(-c2cnn(CC(F)(F)F)c2)c1F. The molecule has 1 aromatic heterocycles. The second-order valence-corrected chi connectivity index (χ2v) is 3.87. The van der Waals surface area contributed by atoms with Crippen molar-refractivity contribution in [1.29, 1.82) is 0 Å². The number of benzene rings is 1. The average Bonchev–Trinajstić information content (AvgIpc) is 2.70. The summed E-state index contributed by atoms with van der Waals surface area (Å²) in [7, 11) is 0. The Morgan fingerprint density at radius 1 is 1.21 bits per heavy atom. The van der Waals surface area contributed by atoms with Crippen LogP contribution < -0.4 is 5.73 Å². The van der Waals surface area contributed by atoms with Crippen molar-refractivity contribution in [2.24, 2.45) is 0 Å². The Labute approximate surface area is 104 Å². The van der Waals surface area contributed by atoms with E-state index in [1.165, 1.54) is 0 Å². The summed E-state index contributed by atoms with van der Waals surface area (Å²) in [6, 6.07) is 1.98. The molecule has 3 nitrogen and oxygen atoms in total. The molecule has 8 heteroatoms. The van der Waals surface area contributed by atoms with E-state index in [-0.39, 0.29) is 11.3 Å². The number of rotatable bonds is 2. The molecule has 0 spiro atoms. The molecule has 1 aromatic carbocycles. The van der Waals surface area contributed by atoms with E-state index in [0.717, 1.165) is 24.5 Å². The lowest BCUT2D eigenvalue weighted by Gasteiger charge is -2.06. The van der Waals surface area contributed by atoms with Gasteiger partial charge in [-0.05, 0) is 12.1 Å². The molecule has 0 bridgehead atoms. The molecule has 2 N–H and O–H groups in total. The molecule has 0 aliphatic heterocycles. The lowest BCUT2D eigenvalue weighted by atomic mass is 10.1. The maximum Gasteiger partial charge on any atom is 0.408 e. The van der Waals surface area contributed by atoms with Crippen molar-refractivity contribution in [3.63, 3.8) is 0 Å². The number of hydrogen-bond acceptors (Lipinski definition) is 2. The smallest absolute Gasteiger partial charge is 0.396 e. The number of nitrogen functional groups attached to an aromatic ring is 1. The Bertz CT molecular complexity index is 603. The van der Waals surface area contributed by atoms with Crippen molar-refractivity contribution >= 4 is 5.69 Å². The first-order valence-electron chi connectivity index (χ1n) is 5.11. The maximum atomic E-state index is 13.7. The van der Waals surface area contributed by atoms with Crippen LogP contribution in [0.25, 0.3) is 11.1 Å². The van der Waals surface area contributed by atoms with E-state index in [9.17, 15) is 22.0 Å². The molecule has 2 aromatic rings. The molecule has 0 atom stereocenters. The van der Waals surface area contributed by atoms with Gasteiger partial charge < -0.3 is 5.73 Å². The lowest BCUT2D eigenvalue weighted by molar-refractivity contribution is -0.142. The monoisotopic (exact) mass is 277 g/mol. The fraction of sp³-hybridized carbons (Fsp3) is 0.182. The van der Waals surface area contributed by atoms with Crippen LogP contribution in [-0.4, -0.2) is 16.0 Å². The van der Waals surface area contributed by atoms with Gasteiger partial charge in [0.05, 0.1) is 17.4 Å². The molecule has 102 valence electrons. The van der Waals surface area contributed by atoms with Gasteiger partial charge in [0.2, 0.25) is 0 Å². The lowest BCUT2D eigenvalue weighted by Crippen LogP contribution is -2.17. The molecule has 19 heavy (non-hydrogen) atoms. The van der Waals surface area contributed by atoms with Crippen LogP contribution in [0.5, 0.6) is 0 Å². The number of nitrogens with zero attached hydrogens (tertiary/aromatic N) is 2. The van der Waals surface area contributed by atoms with E-state index >= 15 is 0 Å². The Morgan fingerprint density at radius 3 is 2.53 bits per heavy atom. The van der Waals surface area contributed by atoms with Crippen molar-refractivity contribution < 1.29 is 22.0 Å². The van der Waals surface area contributed by atoms with Crippen molar-refractivity contribution in [3.05, 3.63) is 36.2 Å². The van der Waals surface area contributed by atoms with Gasteiger partial charge in [0.25, 0.3) is 0 Å². The highest BCUT2D eigenvalue weighted by Crippen LogP contribution is 2.29. The molecule has 0 fully saturated rings. The van der Waals surface area contributed by atoms with Gasteiger partial charge in [-0.1, -0.05) is 0 Å². The number of anilines is 1. The zero-order valence-corrected chi connectivity index (χ0v) is 9.38. The Kier molecular flexibility index (Phi) is 3.17. The second kappa shape index (κ2) is 4.52. The van der Waals surface area contributed by atoms with Gasteiger partial charge in [-0.25, -0.2) is 8.78 Å². The van der Waals surface area contributed by atoms with Gasteiger partial charge in [-0.15, -0.1) is 0 Å². The van der Waals surface area contributed by atoms with Crippen molar-refractivity contribution in [2.45, 2.75) is 12.7 Å². The third kappa shape index (κ3) is 2.83. The summed E-state index contributed by atoms with van der Waals surface area (Å²) in [5.74, 6) is -1.94. The molecule has 2 rings (SSSR count). The van der Waals surface area contributed by atoms with Crippen LogP contribution in [0.15, 0.2) is 24.5 Å². The largest absolute Gasteiger partial charge is 0.408 e. The van der Waals surface area contributed by atoms with Gasteiger partial charge in [0.1, 0.15) is 12.4 Å². The molecule has 0 radical (unpaired) electrons. The number of alkyl halides is 3. The first kappa shape index (κ1) is 13.3. The van der Waals surface area contributed by atoms with Crippen LogP contribution in [-0.2, 0) is 6.54 Å². The van der Waals surface area contributed by atoms with Gasteiger partial charge in [-0.2, -0.15) is 18.3 Å². The average molecular weight is 277 g/mol. The highest BCUT2D eigenvalue weighted by molar-refractivity contribution is 5.68. The molecule has 0 amide bonds. The van der Waals surface area contributed by atoms with Crippen molar-refractivity contribution in [3.8, 4) is 11.1 Å². The minimum absolute atomic E-state index is 0.105. The van der Waals surface area contributed by atoms with E-state index in [2.05, 4.69) is 5.10 Å². The fourth-order valence-corrected chi connectivity index (χ4v) is 1.60. The van der Waals surface area contributed by atoms with E-state index in [0.29, 0.717) is 4.68 Å². The normalized spacial score (nSPS) is 11.8. The molecular weight excluding hydrogens is 269 g/mol. The third-order valence-corrected chi connectivity index (χ3v) is 2.38. The number of hydrogen-bond donors (Lipinski definition) is 1. The van der Waals surface area contributed by atoms with E-state index < -0.39 is 29.9 Å². The number of nitrogens with two attached hydrogens (primary N) is 1. The summed E-state index contributed by atoms with van der Waals surface area (Å²) in [4.78, 5) is 0. The highest BCUT2D eigenvalue weighted by Gasteiger charge is 2.28. The van der Waals surface area contributed by atoms with E-state index in [1.54, 1.807) is 0 Å². The Morgan fingerprint density at radius 2 is 1.89 bits per heavy atom. The minimum atomic E-state index is -4.46. The second-order valence-electron chi connectivity index (χ2n) is 3.87. The van der Waals surface area contributed by atoms with Crippen LogP contribution in [0.4, 0.5) is 27.6 Å². The Hall–Kier alpha value is -2.12. The first-order chi connectivity index (χ1) is 8.78. The van der Waals surface area contributed by atoms with Gasteiger partial charge in [-0.3, -0.25) is 4.68 Å². The predicted octanol–water partition coefficient (Wildman–Crippen LogP) is 2.97. The van der Waals surface area contributed by atoms with Crippen molar-refractivity contribution in [2.75, 3.05) is 5.73 Å². The standard InChI is InChI=1S/C11H8F5N3/c12-7-1-2-8(17)10(13)9(7)6-3-18-19(4-6)5-11(14,15)16/h1-4H,5,17H2. The fourth-order valence-electron chi connectivity index (χ4n) is 1.60. The molecule has 0 aliphatic rings. The quantitative estimate of drug-likeness (QED) is 0.677. The Balaban J connectivity index is 2.41. The van der Waals surface area contributed by atoms with Crippen LogP contribution in [0.1, 0.15) is 0 Å². The van der Waals surface area contributed by atoms with Crippen molar-refractivity contribution in [1.82, 2.24) is 9.78 Å². The molecule has 0 unspecified atom stereocenters. The summed E-state index contributed by atoms with van der Waals surface area (Å²) in [6.45, 7) is -1.33. The molecule has 0 saturated heterocycles. The highest BCUT2D eigenvalue weighted by atomic mass is 19.4. The van der Waals surface area contributed by atoms with Gasteiger partial charge >= 0.3 is 6.18 Å². The molecular formula is C11H8F5N3. The summed E-state index contributed by atoms with van der Waals surface area (Å²) in [5.41, 5.74) is 4.40. The number of aromatic nitrogens is 2. The summed E-state index contributed by atoms with van der Waals surface area (Å²) >= 11 is 0. The third-order valence-electron chi connectivity index (χ3n) is 2.38. The van der Waals surface area contributed by atoms with Gasteiger partial charge in [0, 0.05) is 11.8 Å². The summed E-state index contributed by atoms with van der Waals surface area (Å²) in [6.07, 6.45) is -2.60. The van der Waals surface area contributed by atoms with Gasteiger partial charge in [0.15, 0.2) is 5.82 Å². The van der Waals surface area contributed by atoms with Crippen LogP contribution in [0.3, 0.4) is 0 Å². The zero-order valence-electron chi connectivity index (χ0n) is 9.38. The van der Waals surface area contributed by atoms with E-state index in [1.807, 2.05) is 0 Å². The first-order valence-corrected chi connectivity index (χ1v) is 5.11. The summed E-state index contributed by atoms with van der Waals surface area (Å²) < 4.78 is 64.2. The van der Waals surface area contributed by atoms with E-state index in [4.69, 9.17) is 5.73 Å². The van der Waals surface area contributed by atoms with Crippen LogP contribution in [0.2, 0.25) is 0 Å². The molecule has 0 aliphatic carbocycles. The van der Waals surface area contributed by atoms with Crippen LogP contribution in [0, 0.1) is 11.6 Å². The maximum absolute atomic E-state index is 13.7. The molecule has 1 heterocycles. The predicted molar refractivity (Wildman–Crippen MR) is 58.0 cm³/mol. The minimum Gasteiger partial charge on any atom is -0.396 e.